The minimum atomic E-state index is -3.82. The SMILES string of the molecule is COc1ccc(NS(=O)(=O)c2cncc(Br)c2)c(O)c1. The molecule has 2 aromatic rings. The molecule has 106 valence electrons. The normalized spacial score (nSPS) is 11.1. The first-order valence-corrected chi connectivity index (χ1v) is 7.70. The number of phenolic OH excluding ortho intramolecular Hbond substituents is 1. The van der Waals surface area contributed by atoms with Crippen LogP contribution in [0.15, 0.2) is 46.0 Å². The van der Waals surface area contributed by atoms with E-state index < -0.39 is 10.0 Å². The van der Waals surface area contributed by atoms with Crippen LogP contribution in [0.2, 0.25) is 0 Å². The molecule has 2 rings (SSSR count). The highest BCUT2D eigenvalue weighted by Gasteiger charge is 2.17. The summed E-state index contributed by atoms with van der Waals surface area (Å²) in [5.41, 5.74) is 0.0609. The van der Waals surface area contributed by atoms with Crippen molar-refractivity contribution in [3.05, 3.63) is 41.1 Å². The maximum absolute atomic E-state index is 12.1. The Hall–Kier alpha value is -1.80. The number of benzene rings is 1. The fourth-order valence-electron chi connectivity index (χ4n) is 1.47. The van der Waals surface area contributed by atoms with Gasteiger partial charge < -0.3 is 9.84 Å². The first-order valence-electron chi connectivity index (χ1n) is 5.43. The Morgan fingerprint density at radius 3 is 2.65 bits per heavy atom. The molecule has 1 aromatic carbocycles. The molecule has 0 aliphatic carbocycles. The number of phenols is 1. The van der Waals surface area contributed by atoms with Crippen LogP contribution >= 0.6 is 15.9 Å². The number of sulfonamides is 1. The minimum Gasteiger partial charge on any atom is -0.506 e. The number of pyridine rings is 1. The number of methoxy groups -OCH3 is 1. The third-order valence-electron chi connectivity index (χ3n) is 2.44. The summed E-state index contributed by atoms with van der Waals surface area (Å²) in [6, 6.07) is 5.68. The molecule has 0 spiro atoms. The predicted molar refractivity (Wildman–Crippen MR) is 77.4 cm³/mol. The summed E-state index contributed by atoms with van der Waals surface area (Å²) in [5, 5.41) is 9.76. The molecule has 0 unspecified atom stereocenters. The van der Waals surface area contributed by atoms with E-state index in [9.17, 15) is 13.5 Å². The Labute approximate surface area is 124 Å². The Morgan fingerprint density at radius 1 is 1.30 bits per heavy atom. The molecule has 8 heteroatoms. The molecule has 0 bridgehead atoms. The predicted octanol–water partition coefficient (Wildman–Crippen LogP) is 2.36. The number of anilines is 1. The molecule has 0 saturated carbocycles. The topological polar surface area (TPSA) is 88.5 Å². The highest BCUT2D eigenvalue weighted by molar-refractivity contribution is 9.10. The van der Waals surface area contributed by atoms with E-state index in [1.54, 1.807) is 0 Å². The van der Waals surface area contributed by atoms with E-state index in [2.05, 4.69) is 25.6 Å². The zero-order chi connectivity index (χ0) is 14.8. The van der Waals surface area contributed by atoms with Gasteiger partial charge in [0.05, 0.1) is 12.8 Å². The Balaban J connectivity index is 2.33. The molecular weight excluding hydrogens is 348 g/mol. The molecule has 0 atom stereocenters. The maximum Gasteiger partial charge on any atom is 0.263 e. The van der Waals surface area contributed by atoms with Crippen LogP contribution in [0, 0.1) is 0 Å². The first-order chi connectivity index (χ1) is 9.42. The van der Waals surface area contributed by atoms with Gasteiger partial charge in [0.15, 0.2) is 0 Å². The van der Waals surface area contributed by atoms with E-state index in [1.807, 2.05) is 0 Å². The fraction of sp³-hybridized carbons (Fsp3) is 0.0833. The van der Waals surface area contributed by atoms with Crippen molar-refractivity contribution in [2.75, 3.05) is 11.8 Å². The van der Waals surface area contributed by atoms with Crippen molar-refractivity contribution in [2.45, 2.75) is 4.90 Å². The summed E-state index contributed by atoms with van der Waals surface area (Å²) in [5.74, 6) is 0.199. The highest BCUT2D eigenvalue weighted by Crippen LogP contribution is 2.29. The number of ether oxygens (including phenoxy) is 1. The van der Waals surface area contributed by atoms with Gasteiger partial charge in [0.25, 0.3) is 10.0 Å². The van der Waals surface area contributed by atoms with Crippen LogP contribution in [0.5, 0.6) is 11.5 Å². The maximum atomic E-state index is 12.1. The molecule has 6 nitrogen and oxygen atoms in total. The van der Waals surface area contributed by atoms with Crippen molar-refractivity contribution < 1.29 is 18.3 Å². The third-order valence-corrected chi connectivity index (χ3v) is 4.21. The van der Waals surface area contributed by atoms with Crippen molar-refractivity contribution in [3.63, 3.8) is 0 Å². The van der Waals surface area contributed by atoms with Crippen LogP contribution in [0.25, 0.3) is 0 Å². The summed E-state index contributed by atoms with van der Waals surface area (Å²) in [4.78, 5) is 3.78. The molecule has 0 saturated heterocycles. The van der Waals surface area contributed by atoms with Gasteiger partial charge in [-0.25, -0.2) is 8.42 Å². The molecule has 1 aromatic heterocycles. The first kappa shape index (κ1) is 14.6. The number of hydrogen-bond donors (Lipinski definition) is 2. The van der Waals surface area contributed by atoms with Crippen LogP contribution in [0.1, 0.15) is 0 Å². The van der Waals surface area contributed by atoms with E-state index in [-0.39, 0.29) is 16.3 Å². The summed E-state index contributed by atoms with van der Waals surface area (Å²) in [7, 11) is -2.37. The van der Waals surface area contributed by atoms with E-state index in [0.717, 1.165) is 0 Å². The van der Waals surface area contributed by atoms with Gasteiger partial charge in [-0.2, -0.15) is 0 Å². The van der Waals surface area contributed by atoms with E-state index in [4.69, 9.17) is 4.74 Å². The number of aromatic nitrogens is 1. The Bertz CT molecular complexity index is 734. The number of aromatic hydroxyl groups is 1. The lowest BCUT2D eigenvalue weighted by Crippen LogP contribution is -2.13. The summed E-state index contributed by atoms with van der Waals surface area (Å²) in [6.45, 7) is 0. The van der Waals surface area contributed by atoms with Gasteiger partial charge in [-0.3, -0.25) is 9.71 Å². The van der Waals surface area contributed by atoms with E-state index in [1.165, 1.54) is 43.8 Å². The van der Waals surface area contributed by atoms with Gasteiger partial charge >= 0.3 is 0 Å². The van der Waals surface area contributed by atoms with Gasteiger partial charge in [0.2, 0.25) is 0 Å². The summed E-state index contributed by atoms with van der Waals surface area (Å²) < 4.78 is 32.0. The molecule has 0 aliphatic heterocycles. The number of nitrogens with zero attached hydrogens (tertiary/aromatic N) is 1. The lowest BCUT2D eigenvalue weighted by Gasteiger charge is -2.10. The summed E-state index contributed by atoms with van der Waals surface area (Å²) in [6.07, 6.45) is 2.69. The zero-order valence-electron chi connectivity index (χ0n) is 10.4. The molecule has 0 radical (unpaired) electrons. The third kappa shape index (κ3) is 3.20. The number of nitrogens with one attached hydrogen (secondary N) is 1. The lowest BCUT2D eigenvalue weighted by atomic mass is 10.3. The molecular formula is C12H11BrN2O4S. The van der Waals surface area contributed by atoms with Crippen LogP contribution in [-0.2, 0) is 10.0 Å². The Kier molecular flexibility index (Phi) is 4.15. The van der Waals surface area contributed by atoms with Crippen LogP contribution in [-0.4, -0.2) is 25.6 Å². The highest BCUT2D eigenvalue weighted by atomic mass is 79.9. The molecule has 2 N–H and O–H groups in total. The number of halogens is 1. The molecule has 0 aliphatic rings. The number of rotatable bonds is 4. The second kappa shape index (κ2) is 5.68. The van der Waals surface area contributed by atoms with Crippen molar-refractivity contribution >= 4 is 31.6 Å². The average Bonchev–Trinajstić information content (AvgIpc) is 2.41. The summed E-state index contributed by atoms with van der Waals surface area (Å²) >= 11 is 3.15. The number of hydrogen-bond acceptors (Lipinski definition) is 5. The van der Waals surface area contributed by atoms with Crippen molar-refractivity contribution in [2.24, 2.45) is 0 Å². The van der Waals surface area contributed by atoms with Gasteiger partial charge in [-0.05, 0) is 34.1 Å². The van der Waals surface area contributed by atoms with Crippen molar-refractivity contribution in [1.82, 2.24) is 4.98 Å². The molecule has 1 heterocycles. The van der Waals surface area contributed by atoms with Gasteiger partial charge in [0.1, 0.15) is 16.4 Å². The second-order valence-electron chi connectivity index (χ2n) is 3.83. The quantitative estimate of drug-likeness (QED) is 0.819. The average molecular weight is 359 g/mol. The van der Waals surface area contributed by atoms with Crippen LogP contribution in [0.3, 0.4) is 0 Å². The zero-order valence-corrected chi connectivity index (χ0v) is 12.8. The second-order valence-corrected chi connectivity index (χ2v) is 6.43. The monoisotopic (exact) mass is 358 g/mol. The molecule has 20 heavy (non-hydrogen) atoms. The standard InChI is InChI=1S/C12H11BrN2O4S/c1-19-9-2-3-11(12(16)5-9)15-20(17,18)10-4-8(13)6-14-7-10/h2-7,15-16H,1H3. The molecule has 0 amide bonds. The minimum absolute atomic E-state index is 0.0120. The van der Waals surface area contributed by atoms with Crippen LogP contribution in [0.4, 0.5) is 5.69 Å². The van der Waals surface area contributed by atoms with E-state index in [0.29, 0.717) is 10.2 Å². The van der Waals surface area contributed by atoms with Gasteiger partial charge in [-0.1, -0.05) is 0 Å². The van der Waals surface area contributed by atoms with Crippen molar-refractivity contribution in [3.8, 4) is 11.5 Å². The van der Waals surface area contributed by atoms with E-state index >= 15 is 0 Å². The largest absolute Gasteiger partial charge is 0.506 e. The van der Waals surface area contributed by atoms with Gasteiger partial charge in [0, 0.05) is 22.9 Å². The van der Waals surface area contributed by atoms with Gasteiger partial charge in [-0.15, -0.1) is 0 Å². The van der Waals surface area contributed by atoms with Crippen LogP contribution < -0.4 is 9.46 Å². The fourth-order valence-corrected chi connectivity index (χ4v) is 3.05. The molecule has 0 fully saturated rings. The smallest absolute Gasteiger partial charge is 0.263 e. The Morgan fingerprint density at radius 2 is 2.05 bits per heavy atom. The van der Waals surface area contributed by atoms with Crippen molar-refractivity contribution in [1.29, 1.82) is 0 Å². The lowest BCUT2D eigenvalue weighted by molar-refractivity contribution is 0.408.